The van der Waals surface area contributed by atoms with Gasteiger partial charge in [-0.1, -0.05) is 37.8 Å². The molecule has 0 bridgehead atoms. The quantitative estimate of drug-likeness (QED) is 0.260. The highest BCUT2D eigenvalue weighted by atomic mass is 32.2. The molecule has 11 nitrogen and oxygen atoms in total. The third-order valence-electron chi connectivity index (χ3n) is 7.77. The molecule has 0 saturated carbocycles. The molecule has 1 N–H and O–H groups in total. The van der Waals surface area contributed by atoms with Crippen LogP contribution < -0.4 is 18.5 Å². The van der Waals surface area contributed by atoms with Crippen molar-refractivity contribution in [2.75, 3.05) is 32.2 Å². The highest BCUT2D eigenvalue weighted by molar-refractivity contribution is 7.93. The zero-order valence-corrected chi connectivity index (χ0v) is 26.8. The van der Waals surface area contributed by atoms with Gasteiger partial charge in [0.25, 0.3) is 0 Å². The number of ether oxygens (including phenoxy) is 3. The van der Waals surface area contributed by atoms with E-state index < -0.39 is 46.6 Å². The molecule has 2 aromatic carbocycles. The highest BCUT2D eigenvalue weighted by Crippen LogP contribution is 2.48. The summed E-state index contributed by atoms with van der Waals surface area (Å²) in [4.78, 5) is 4.49. The summed E-state index contributed by atoms with van der Waals surface area (Å²) in [7, 11) is -2.43. The number of methoxy groups -OCH3 is 3. The minimum absolute atomic E-state index is 0.0657. The highest BCUT2D eigenvalue weighted by Gasteiger charge is 2.56. The molecule has 1 unspecified atom stereocenters. The summed E-state index contributed by atoms with van der Waals surface area (Å²) in [6.45, 7) is 5.84. The van der Waals surface area contributed by atoms with Crippen LogP contribution in [0.5, 0.6) is 17.4 Å². The smallest absolute Gasteiger partial charge is 0.246 e. The number of hydrogen-bond donors (Lipinski definition) is 1. The molecule has 4 aromatic rings. The lowest BCUT2D eigenvalue weighted by Gasteiger charge is -2.30. The minimum atomic E-state index is -4.43. The van der Waals surface area contributed by atoms with Gasteiger partial charge >= 0.3 is 0 Å². The van der Waals surface area contributed by atoms with Crippen LogP contribution in [0.25, 0.3) is 17.2 Å². The Labute approximate surface area is 255 Å². The zero-order chi connectivity index (χ0) is 32.0. The van der Waals surface area contributed by atoms with E-state index in [9.17, 15) is 22.3 Å². The largest absolute Gasteiger partial charge is 0.494 e. The van der Waals surface area contributed by atoms with Crippen LogP contribution >= 0.6 is 0 Å². The topological polar surface area (TPSA) is 129 Å². The van der Waals surface area contributed by atoms with Crippen molar-refractivity contribution in [2.45, 2.75) is 36.5 Å². The van der Waals surface area contributed by atoms with Gasteiger partial charge in [-0.05, 0) is 29.8 Å². The van der Waals surface area contributed by atoms with Gasteiger partial charge in [-0.2, -0.15) is 0 Å². The molecule has 234 valence electrons. The second kappa shape index (κ2) is 11.8. The molecule has 3 atom stereocenters. The normalized spacial score (nSPS) is 18.7. The number of para-hydroxylation sites is 1. The lowest BCUT2D eigenvalue weighted by Crippen LogP contribution is -2.40. The van der Waals surface area contributed by atoms with Crippen molar-refractivity contribution in [2.24, 2.45) is 0 Å². The lowest BCUT2D eigenvalue weighted by molar-refractivity contribution is 0.165. The van der Waals surface area contributed by atoms with Crippen molar-refractivity contribution >= 4 is 24.0 Å². The van der Waals surface area contributed by atoms with Crippen LogP contribution in [0.4, 0.5) is 14.7 Å². The molecule has 15 heteroatoms. The summed E-state index contributed by atoms with van der Waals surface area (Å²) in [6.07, 6.45) is -1.78. The standard InChI is InChI=1S/C29H33F2N5O6SSi/c1-40-21-10-8-11-22(41-2)25(21)36-28(20-9-7-12-24(32-20)42-3)33-34-29(36)35-16-23(44(4,5)6)27(43(35,38)39)26(37)18-14-13-17(30)15-19(18)31/h7-15,23,26-27,37H,16H2,1-6H3/t23?,26-,27+/m0/s1. The number of nitrogens with zero attached hydrogens (tertiary/aromatic N) is 5. The second-order valence-electron chi connectivity index (χ2n) is 11.4. The molecule has 2 aromatic heterocycles. The number of aliphatic hydroxyl groups is 1. The van der Waals surface area contributed by atoms with Crippen LogP contribution in [0.3, 0.4) is 0 Å². The number of rotatable bonds is 9. The Hall–Kier alpha value is -4.08. The number of aliphatic hydroxyl groups excluding tert-OH is 1. The Morgan fingerprint density at radius 2 is 1.61 bits per heavy atom. The van der Waals surface area contributed by atoms with Crippen LogP contribution in [0.1, 0.15) is 11.7 Å². The van der Waals surface area contributed by atoms with E-state index in [1.54, 1.807) is 36.4 Å². The predicted octanol–water partition coefficient (Wildman–Crippen LogP) is 4.59. The van der Waals surface area contributed by atoms with Crippen LogP contribution in [0.2, 0.25) is 25.2 Å². The summed E-state index contributed by atoms with van der Waals surface area (Å²) in [5.41, 5.74) is -0.265. The van der Waals surface area contributed by atoms with E-state index in [-0.39, 0.29) is 23.9 Å². The maximum absolute atomic E-state index is 14.9. The van der Waals surface area contributed by atoms with E-state index >= 15 is 0 Å². The molecule has 1 aliphatic heterocycles. The second-order valence-corrected chi connectivity index (χ2v) is 18.8. The summed E-state index contributed by atoms with van der Waals surface area (Å²) in [5, 5.41) is 18.7. The maximum atomic E-state index is 14.9. The predicted molar refractivity (Wildman–Crippen MR) is 163 cm³/mol. The molecular formula is C29H33F2N5O6SSi. The fraction of sp³-hybridized carbons (Fsp3) is 0.345. The van der Waals surface area contributed by atoms with Gasteiger partial charge in [-0.15, -0.1) is 10.2 Å². The lowest BCUT2D eigenvalue weighted by atomic mass is 10.0. The summed E-state index contributed by atoms with van der Waals surface area (Å²) in [5.74, 6) is -0.860. The Morgan fingerprint density at radius 1 is 0.955 bits per heavy atom. The van der Waals surface area contributed by atoms with E-state index in [1.165, 1.54) is 25.9 Å². The number of halogens is 2. The molecule has 1 fully saturated rings. The van der Waals surface area contributed by atoms with Crippen molar-refractivity contribution in [1.82, 2.24) is 19.7 Å². The van der Waals surface area contributed by atoms with E-state index in [4.69, 9.17) is 14.2 Å². The fourth-order valence-electron chi connectivity index (χ4n) is 5.52. The monoisotopic (exact) mass is 645 g/mol. The Morgan fingerprint density at radius 3 is 2.20 bits per heavy atom. The van der Waals surface area contributed by atoms with Crippen molar-refractivity contribution in [3.05, 3.63) is 71.8 Å². The van der Waals surface area contributed by atoms with E-state index in [0.29, 0.717) is 34.8 Å². The van der Waals surface area contributed by atoms with Crippen LogP contribution in [0, 0.1) is 11.6 Å². The van der Waals surface area contributed by atoms with Gasteiger partial charge in [0.1, 0.15) is 45.9 Å². The molecule has 5 rings (SSSR count). The number of benzene rings is 2. The number of aromatic nitrogens is 4. The summed E-state index contributed by atoms with van der Waals surface area (Å²) in [6, 6.07) is 12.8. The molecule has 44 heavy (non-hydrogen) atoms. The fourth-order valence-corrected chi connectivity index (χ4v) is 11.3. The molecule has 0 amide bonds. The number of anilines is 1. The third kappa shape index (κ3) is 5.39. The van der Waals surface area contributed by atoms with Crippen LogP contribution in [-0.4, -0.2) is 74.5 Å². The van der Waals surface area contributed by atoms with Gasteiger partial charge in [0.15, 0.2) is 5.82 Å². The molecule has 0 aliphatic carbocycles. The van der Waals surface area contributed by atoms with Crippen LogP contribution in [0.15, 0.2) is 54.6 Å². The first-order chi connectivity index (χ1) is 20.8. The number of pyridine rings is 1. The zero-order valence-electron chi connectivity index (χ0n) is 25.0. The average Bonchev–Trinajstić information content (AvgIpc) is 3.53. The van der Waals surface area contributed by atoms with Gasteiger partial charge in [0.05, 0.1) is 29.4 Å². The van der Waals surface area contributed by atoms with Crippen molar-refractivity contribution in [3.63, 3.8) is 0 Å². The molecule has 3 heterocycles. The van der Waals surface area contributed by atoms with Gasteiger partial charge in [-0.3, -0.25) is 4.57 Å². The van der Waals surface area contributed by atoms with Gasteiger partial charge in [0.2, 0.25) is 21.9 Å². The van der Waals surface area contributed by atoms with Crippen LogP contribution in [-0.2, 0) is 10.0 Å². The van der Waals surface area contributed by atoms with Gasteiger partial charge in [-0.25, -0.2) is 26.5 Å². The van der Waals surface area contributed by atoms with E-state index in [2.05, 4.69) is 15.2 Å². The Bertz CT molecular complexity index is 1780. The Balaban J connectivity index is 1.76. The first-order valence-electron chi connectivity index (χ1n) is 13.7. The van der Waals surface area contributed by atoms with Crippen molar-refractivity contribution in [1.29, 1.82) is 0 Å². The average molecular weight is 646 g/mol. The molecule has 1 saturated heterocycles. The maximum Gasteiger partial charge on any atom is 0.246 e. The number of sulfonamides is 1. The summed E-state index contributed by atoms with van der Waals surface area (Å²) < 4.78 is 76.8. The Kier molecular flexibility index (Phi) is 8.39. The first-order valence-corrected chi connectivity index (χ1v) is 18.7. The van der Waals surface area contributed by atoms with Gasteiger partial charge in [0, 0.05) is 24.2 Å². The summed E-state index contributed by atoms with van der Waals surface area (Å²) >= 11 is 0. The van der Waals surface area contributed by atoms with E-state index in [0.717, 1.165) is 16.4 Å². The number of hydrogen-bond acceptors (Lipinski definition) is 9. The first kappa shape index (κ1) is 31.3. The van der Waals surface area contributed by atoms with Crippen molar-refractivity contribution < 1.29 is 36.5 Å². The van der Waals surface area contributed by atoms with Gasteiger partial charge < -0.3 is 19.3 Å². The molecule has 1 aliphatic rings. The SMILES string of the molecule is COc1cccc(-c2nnc(N3CC([Si](C)(C)C)[C@H]([C@@H](O)c4ccc(F)cc4F)S3(=O)=O)n2-c2c(OC)cccc2OC)n1. The van der Waals surface area contributed by atoms with E-state index in [1.807, 2.05) is 19.6 Å². The third-order valence-corrected chi connectivity index (χ3v) is 13.0. The van der Waals surface area contributed by atoms with Crippen molar-refractivity contribution in [3.8, 4) is 34.6 Å². The molecule has 0 spiro atoms. The molecule has 0 radical (unpaired) electrons. The molecular weight excluding hydrogens is 612 g/mol. The minimum Gasteiger partial charge on any atom is -0.494 e.